The zero-order valence-corrected chi connectivity index (χ0v) is 20.9. The van der Waals surface area contributed by atoms with Crippen molar-refractivity contribution in [3.05, 3.63) is 119 Å². The molecule has 0 fully saturated rings. The van der Waals surface area contributed by atoms with Crippen LogP contribution in [0.1, 0.15) is 32.0 Å². The smallest absolute Gasteiger partial charge is 0.343 e. The lowest BCUT2D eigenvalue weighted by Crippen LogP contribution is -2.19. The molecule has 0 aliphatic carbocycles. The minimum Gasteiger partial charge on any atom is -0.497 e. The number of carbonyl (C=O) groups excluding carboxylic acids is 2. The van der Waals surface area contributed by atoms with Crippen molar-refractivity contribution in [3.8, 4) is 22.6 Å². The third-order valence-electron chi connectivity index (χ3n) is 6.13. The molecule has 0 saturated heterocycles. The van der Waals surface area contributed by atoms with Crippen molar-refractivity contribution in [1.29, 1.82) is 0 Å². The first-order valence-electron chi connectivity index (χ1n) is 12.0. The lowest BCUT2D eigenvalue weighted by molar-refractivity contribution is 0.0733. The van der Waals surface area contributed by atoms with Gasteiger partial charge >= 0.3 is 5.97 Å². The SMILES string of the molecule is COc1cccc(C(=O)Oc2ccccc2C=NNC(=O)c2[nH]c3c(C)cccc3c2-c2ccccc2)c1. The van der Waals surface area contributed by atoms with E-state index >= 15 is 0 Å². The first-order chi connectivity index (χ1) is 18.5. The summed E-state index contributed by atoms with van der Waals surface area (Å²) < 4.78 is 10.8. The summed E-state index contributed by atoms with van der Waals surface area (Å²) >= 11 is 0. The molecule has 7 heteroatoms. The Morgan fingerprint density at radius 3 is 2.47 bits per heavy atom. The number of ether oxygens (including phenoxy) is 2. The Bertz CT molecular complexity index is 1650. The first kappa shape index (κ1) is 24.5. The molecular formula is C31H25N3O4. The molecule has 5 rings (SSSR count). The van der Waals surface area contributed by atoms with E-state index in [0.717, 1.165) is 27.6 Å². The van der Waals surface area contributed by atoms with Crippen LogP contribution >= 0.6 is 0 Å². The van der Waals surface area contributed by atoms with Gasteiger partial charge in [0.05, 0.1) is 18.9 Å². The first-order valence-corrected chi connectivity index (χ1v) is 12.0. The molecule has 4 aromatic carbocycles. The standard InChI is InChI=1S/C31H25N3O4/c1-20-10-8-16-25-27(21-11-4-3-5-12-21)29(33-28(20)25)30(35)34-32-19-23-13-6-7-17-26(23)38-31(36)22-14-9-15-24(18-22)37-2/h3-19,33H,1-2H3,(H,34,35). The van der Waals surface area contributed by atoms with E-state index in [0.29, 0.717) is 28.3 Å². The van der Waals surface area contributed by atoms with E-state index in [9.17, 15) is 9.59 Å². The monoisotopic (exact) mass is 503 g/mol. The van der Waals surface area contributed by atoms with Crippen LogP contribution in [-0.4, -0.2) is 30.2 Å². The number of aryl methyl sites for hydroxylation is 1. The summed E-state index contributed by atoms with van der Waals surface area (Å²) in [5.41, 5.74) is 7.57. The van der Waals surface area contributed by atoms with E-state index in [1.807, 2.05) is 55.5 Å². The van der Waals surface area contributed by atoms with Gasteiger partial charge in [-0.25, -0.2) is 10.2 Å². The number of carbonyl (C=O) groups is 2. The van der Waals surface area contributed by atoms with E-state index < -0.39 is 5.97 Å². The van der Waals surface area contributed by atoms with Crippen molar-refractivity contribution in [2.75, 3.05) is 7.11 Å². The second kappa shape index (κ2) is 10.8. The Kier molecular flexibility index (Phi) is 6.99. The molecule has 0 unspecified atom stereocenters. The molecule has 2 N–H and O–H groups in total. The summed E-state index contributed by atoms with van der Waals surface area (Å²) in [6.45, 7) is 2.00. The maximum absolute atomic E-state index is 13.3. The zero-order valence-electron chi connectivity index (χ0n) is 20.9. The van der Waals surface area contributed by atoms with E-state index in [1.165, 1.54) is 13.3 Å². The average Bonchev–Trinajstić information content (AvgIpc) is 3.35. The molecular weight excluding hydrogens is 478 g/mol. The number of hydrazone groups is 1. The van der Waals surface area contributed by atoms with Gasteiger partial charge < -0.3 is 14.5 Å². The van der Waals surface area contributed by atoms with Gasteiger partial charge in [0.2, 0.25) is 0 Å². The normalized spacial score (nSPS) is 11.0. The van der Waals surface area contributed by atoms with E-state index in [2.05, 4.69) is 15.5 Å². The highest BCUT2D eigenvalue weighted by atomic mass is 16.5. The number of fused-ring (bicyclic) bond motifs is 1. The van der Waals surface area contributed by atoms with Gasteiger partial charge in [0, 0.05) is 22.0 Å². The molecule has 0 radical (unpaired) electrons. The Morgan fingerprint density at radius 2 is 1.66 bits per heavy atom. The van der Waals surface area contributed by atoms with Crippen molar-refractivity contribution in [3.63, 3.8) is 0 Å². The molecule has 1 aromatic heterocycles. The molecule has 38 heavy (non-hydrogen) atoms. The number of esters is 1. The fourth-order valence-electron chi connectivity index (χ4n) is 4.24. The van der Waals surface area contributed by atoms with Crippen LogP contribution in [0.2, 0.25) is 0 Å². The van der Waals surface area contributed by atoms with E-state index in [4.69, 9.17) is 9.47 Å². The van der Waals surface area contributed by atoms with Crippen LogP contribution in [0.15, 0.2) is 102 Å². The van der Waals surface area contributed by atoms with Crippen LogP contribution < -0.4 is 14.9 Å². The third kappa shape index (κ3) is 5.03. The van der Waals surface area contributed by atoms with Gasteiger partial charge in [-0.2, -0.15) is 5.10 Å². The Balaban J connectivity index is 1.39. The average molecular weight is 504 g/mol. The van der Waals surface area contributed by atoms with Gasteiger partial charge in [0.25, 0.3) is 5.91 Å². The fourth-order valence-corrected chi connectivity index (χ4v) is 4.24. The lowest BCUT2D eigenvalue weighted by Gasteiger charge is -2.08. The highest BCUT2D eigenvalue weighted by Crippen LogP contribution is 2.33. The minimum absolute atomic E-state index is 0.310. The van der Waals surface area contributed by atoms with Crippen LogP contribution in [0.25, 0.3) is 22.0 Å². The summed E-state index contributed by atoms with van der Waals surface area (Å²) in [4.78, 5) is 29.2. The molecule has 188 valence electrons. The lowest BCUT2D eigenvalue weighted by atomic mass is 10.0. The fraction of sp³-hybridized carbons (Fsp3) is 0.0645. The second-order valence-corrected chi connectivity index (χ2v) is 8.60. The molecule has 0 aliphatic heterocycles. The molecule has 1 amide bonds. The summed E-state index contributed by atoms with van der Waals surface area (Å²) in [5.74, 6) is -0.0557. The predicted molar refractivity (Wildman–Crippen MR) is 148 cm³/mol. The van der Waals surface area contributed by atoms with Gasteiger partial charge in [-0.15, -0.1) is 0 Å². The highest BCUT2D eigenvalue weighted by molar-refractivity contribution is 6.10. The molecule has 0 bridgehead atoms. The van der Waals surface area contributed by atoms with Gasteiger partial charge in [-0.1, -0.05) is 66.7 Å². The van der Waals surface area contributed by atoms with Crippen molar-refractivity contribution in [2.24, 2.45) is 5.10 Å². The Morgan fingerprint density at radius 1 is 0.895 bits per heavy atom. The van der Waals surface area contributed by atoms with Gasteiger partial charge in [0.15, 0.2) is 0 Å². The van der Waals surface area contributed by atoms with Crippen LogP contribution in [0.5, 0.6) is 11.5 Å². The zero-order chi connectivity index (χ0) is 26.5. The van der Waals surface area contributed by atoms with Crippen LogP contribution in [-0.2, 0) is 0 Å². The van der Waals surface area contributed by atoms with Crippen LogP contribution in [0, 0.1) is 6.92 Å². The number of aromatic amines is 1. The summed E-state index contributed by atoms with van der Waals surface area (Å²) in [6, 6.07) is 29.4. The Labute approximate surface area is 219 Å². The molecule has 5 aromatic rings. The molecule has 0 aliphatic rings. The van der Waals surface area contributed by atoms with Crippen molar-refractivity contribution < 1.29 is 19.1 Å². The quantitative estimate of drug-likeness (QED) is 0.121. The number of para-hydroxylation sites is 2. The number of hydrogen-bond acceptors (Lipinski definition) is 5. The number of hydrogen-bond donors (Lipinski definition) is 2. The maximum Gasteiger partial charge on any atom is 0.343 e. The summed E-state index contributed by atoms with van der Waals surface area (Å²) in [6.07, 6.45) is 1.45. The topological polar surface area (TPSA) is 92.8 Å². The largest absolute Gasteiger partial charge is 0.497 e. The molecule has 1 heterocycles. The number of rotatable bonds is 7. The van der Waals surface area contributed by atoms with Gasteiger partial charge in [-0.05, 0) is 48.4 Å². The second-order valence-electron chi connectivity index (χ2n) is 8.60. The van der Waals surface area contributed by atoms with Crippen molar-refractivity contribution in [2.45, 2.75) is 6.92 Å². The van der Waals surface area contributed by atoms with Crippen LogP contribution in [0.4, 0.5) is 0 Å². The summed E-state index contributed by atoms with van der Waals surface area (Å²) in [5, 5.41) is 5.12. The third-order valence-corrected chi connectivity index (χ3v) is 6.13. The number of aromatic nitrogens is 1. The molecule has 7 nitrogen and oxygen atoms in total. The molecule has 0 atom stereocenters. The minimum atomic E-state index is -0.533. The number of amides is 1. The molecule has 0 saturated carbocycles. The van der Waals surface area contributed by atoms with Gasteiger partial charge in [0.1, 0.15) is 17.2 Å². The number of benzene rings is 4. The number of nitrogens with zero attached hydrogens (tertiary/aromatic N) is 1. The summed E-state index contributed by atoms with van der Waals surface area (Å²) in [7, 11) is 1.53. The highest BCUT2D eigenvalue weighted by Gasteiger charge is 2.20. The van der Waals surface area contributed by atoms with Crippen LogP contribution in [0.3, 0.4) is 0 Å². The van der Waals surface area contributed by atoms with Crippen molar-refractivity contribution in [1.82, 2.24) is 10.4 Å². The number of nitrogens with one attached hydrogen (secondary N) is 2. The Hall–Kier alpha value is -5.17. The van der Waals surface area contributed by atoms with E-state index in [-0.39, 0.29) is 5.91 Å². The predicted octanol–water partition coefficient (Wildman–Crippen LogP) is 6.14. The maximum atomic E-state index is 13.3. The number of methoxy groups -OCH3 is 1. The molecule has 0 spiro atoms. The van der Waals surface area contributed by atoms with Gasteiger partial charge in [-0.3, -0.25) is 4.79 Å². The number of H-pyrrole nitrogens is 1. The van der Waals surface area contributed by atoms with Crippen molar-refractivity contribution >= 4 is 29.0 Å². The van der Waals surface area contributed by atoms with E-state index in [1.54, 1.807) is 48.5 Å².